The van der Waals surface area contributed by atoms with Crippen molar-refractivity contribution in [1.29, 1.82) is 0 Å². The maximum absolute atomic E-state index is 13.7. The summed E-state index contributed by atoms with van der Waals surface area (Å²) in [4.78, 5) is 8.25. The number of aryl methyl sites for hydroxylation is 1. The molecule has 1 aromatic carbocycles. The molecule has 0 amide bonds. The average Bonchev–Trinajstić information content (AvgIpc) is 2.40. The van der Waals surface area contributed by atoms with Crippen LogP contribution in [0.2, 0.25) is 0 Å². The fraction of sp³-hybridized carbons (Fsp3) is 0.231. The number of rotatable bonds is 4. The largest absolute Gasteiger partial charge is 0.307 e. The number of nitrogens with zero attached hydrogens (tertiary/aromatic N) is 2. The number of benzene rings is 1. The SMILES string of the molecule is Cc1cnc(CNCc2c(F)ccc(Br)c2F)cn1. The third kappa shape index (κ3) is 3.54. The zero-order valence-corrected chi connectivity index (χ0v) is 11.8. The van der Waals surface area contributed by atoms with Gasteiger partial charge in [0.15, 0.2) is 0 Å². The van der Waals surface area contributed by atoms with E-state index in [9.17, 15) is 8.78 Å². The van der Waals surface area contributed by atoms with E-state index in [0.29, 0.717) is 6.54 Å². The van der Waals surface area contributed by atoms with Crippen LogP contribution in [0.3, 0.4) is 0 Å². The number of hydrogen-bond acceptors (Lipinski definition) is 3. The standard InChI is InChI=1S/C13H12BrF2N3/c1-8-4-19-9(6-18-8)5-17-7-10-12(15)3-2-11(14)13(10)16/h2-4,6,17H,5,7H2,1H3. The molecule has 3 nitrogen and oxygen atoms in total. The van der Waals surface area contributed by atoms with E-state index in [1.165, 1.54) is 12.1 Å². The Balaban J connectivity index is 2.00. The zero-order valence-electron chi connectivity index (χ0n) is 10.3. The number of nitrogens with one attached hydrogen (secondary N) is 1. The van der Waals surface area contributed by atoms with Gasteiger partial charge >= 0.3 is 0 Å². The van der Waals surface area contributed by atoms with Gasteiger partial charge in [0.05, 0.1) is 15.9 Å². The van der Waals surface area contributed by atoms with Crippen molar-refractivity contribution in [3.63, 3.8) is 0 Å². The van der Waals surface area contributed by atoms with Gasteiger partial charge in [0.25, 0.3) is 0 Å². The Kier molecular flexibility index (Phi) is 4.55. The predicted octanol–water partition coefficient (Wildman–Crippen LogP) is 3.12. The van der Waals surface area contributed by atoms with Crippen LogP contribution in [0.5, 0.6) is 0 Å². The fourth-order valence-corrected chi connectivity index (χ4v) is 1.93. The van der Waals surface area contributed by atoms with Gasteiger partial charge in [0.2, 0.25) is 0 Å². The summed E-state index contributed by atoms with van der Waals surface area (Å²) in [6, 6.07) is 2.58. The molecule has 1 aromatic heterocycles. The van der Waals surface area contributed by atoms with Gasteiger partial charge in [0, 0.05) is 31.0 Å². The molecule has 6 heteroatoms. The number of aromatic nitrogens is 2. The molecule has 1 heterocycles. The summed E-state index contributed by atoms with van der Waals surface area (Å²) in [5.74, 6) is -1.15. The molecule has 100 valence electrons. The number of halogens is 3. The highest BCUT2D eigenvalue weighted by molar-refractivity contribution is 9.10. The molecule has 0 fully saturated rings. The van der Waals surface area contributed by atoms with Gasteiger partial charge in [-0.3, -0.25) is 9.97 Å². The van der Waals surface area contributed by atoms with Gasteiger partial charge in [-0.05, 0) is 35.0 Å². The van der Waals surface area contributed by atoms with Gasteiger partial charge < -0.3 is 5.32 Å². The zero-order chi connectivity index (χ0) is 13.8. The van der Waals surface area contributed by atoms with Crippen molar-refractivity contribution in [3.05, 3.63) is 57.6 Å². The minimum absolute atomic E-state index is 0.00875. The van der Waals surface area contributed by atoms with Crippen molar-refractivity contribution < 1.29 is 8.78 Å². The summed E-state index contributed by atoms with van der Waals surface area (Å²) in [5.41, 5.74) is 1.56. The van der Waals surface area contributed by atoms with Gasteiger partial charge in [0.1, 0.15) is 11.6 Å². The van der Waals surface area contributed by atoms with E-state index in [4.69, 9.17) is 0 Å². The van der Waals surface area contributed by atoms with Crippen LogP contribution in [0.1, 0.15) is 17.0 Å². The Bertz CT molecular complexity index is 573. The molecule has 0 radical (unpaired) electrons. The van der Waals surface area contributed by atoms with Crippen LogP contribution in [-0.4, -0.2) is 9.97 Å². The second kappa shape index (κ2) is 6.16. The molecule has 19 heavy (non-hydrogen) atoms. The lowest BCUT2D eigenvalue weighted by Crippen LogP contribution is -2.16. The van der Waals surface area contributed by atoms with E-state index in [1.807, 2.05) is 6.92 Å². The molecule has 0 unspecified atom stereocenters. The topological polar surface area (TPSA) is 37.8 Å². The van der Waals surface area contributed by atoms with Gasteiger partial charge in [-0.1, -0.05) is 0 Å². The first-order valence-electron chi connectivity index (χ1n) is 5.68. The molecule has 0 bridgehead atoms. The van der Waals surface area contributed by atoms with Crippen molar-refractivity contribution in [2.45, 2.75) is 20.0 Å². The summed E-state index contributed by atoms with van der Waals surface area (Å²) in [7, 11) is 0. The minimum atomic E-state index is -0.581. The second-order valence-electron chi connectivity index (χ2n) is 4.07. The number of hydrogen-bond donors (Lipinski definition) is 1. The van der Waals surface area contributed by atoms with Crippen LogP contribution in [0.25, 0.3) is 0 Å². The Labute approximate surface area is 118 Å². The van der Waals surface area contributed by atoms with Crippen molar-refractivity contribution in [2.75, 3.05) is 0 Å². The molecule has 0 spiro atoms. The maximum atomic E-state index is 13.7. The molecule has 0 atom stereocenters. The molecule has 2 rings (SSSR count). The minimum Gasteiger partial charge on any atom is -0.307 e. The monoisotopic (exact) mass is 327 g/mol. The van der Waals surface area contributed by atoms with Crippen LogP contribution in [-0.2, 0) is 13.1 Å². The lowest BCUT2D eigenvalue weighted by Gasteiger charge is -2.08. The summed E-state index contributed by atoms with van der Waals surface area (Å²) in [6.45, 7) is 2.34. The van der Waals surface area contributed by atoms with Crippen molar-refractivity contribution in [2.24, 2.45) is 0 Å². The molecule has 0 aliphatic rings. The summed E-state index contributed by atoms with van der Waals surface area (Å²) in [5, 5.41) is 2.94. The van der Waals surface area contributed by atoms with Gasteiger partial charge in [-0.25, -0.2) is 8.78 Å². The maximum Gasteiger partial charge on any atom is 0.144 e. The third-order valence-electron chi connectivity index (χ3n) is 2.58. The van der Waals surface area contributed by atoms with Crippen LogP contribution in [0, 0.1) is 18.6 Å². The summed E-state index contributed by atoms with van der Waals surface area (Å²) in [6.07, 6.45) is 3.28. The first kappa shape index (κ1) is 14.0. The molecule has 0 aliphatic carbocycles. The molecule has 0 saturated heterocycles. The normalized spacial score (nSPS) is 10.7. The van der Waals surface area contributed by atoms with Gasteiger partial charge in [-0.15, -0.1) is 0 Å². The molecule has 0 saturated carbocycles. The fourth-order valence-electron chi connectivity index (χ4n) is 1.56. The van der Waals surface area contributed by atoms with Crippen molar-refractivity contribution in [1.82, 2.24) is 15.3 Å². The highest BCUT2D eigenvalue weighted by Crippen LogP contribution is 2.21. The Morgan fingerprint density at radius 1 is 1.16 bits per heavy atom. The summed E-state index contributed by atoms with van der Waals surface area (Å²) < 4.78 is 27.4. The third-order valence-corrected chi connectivity index (χ3v) is 3.19. The first-order valence-corrected chi connectivity index (χ1v) is 6.48. The predicted molar refractivity (Wildman–Crippen MR) is 71.4 cm³/mol. The quantitative estimate of drug-likeness (QED) is 0.877. The van der Waals surface area contributed by atoms with E-state index in [-0.39, 0.29) is 16.6 Å². The van der Waals surface area contributed by atoms with E-state index in [2.05, 4.69) is 31.2 Å². The molecular weight excluding hydrogens is 316 g/mol. The van der Waals surface area contributed by atoms with Crippen molar-refractivity contribution >= 4 is 15.9 Å². The lowest BCUT2D eigenvalue weighted by atomic mass is 10.2. The van der Waals surface area contributed by atoms with Crippen LogP contribution < -0.4 is 5.32 Å². The smallest absolute Gasteiger partial charge is 0.144 e. The molecule has 1 N–H and O–H groups in total. The highest BCUT2D eigenvalue weighted by atomic mass is 79.9. The lowest BCUT2D eigenvalue weighted by molar-refractivity contribution is 0.530. The van der Waals surface area contributed by atoms with Crippen LogP contribution >= 0.6 is 15.9 Å². The van der Waals surface area contributed by atoms with E-state index in [1.54, 1.807) is 12.4 Å². The first-order chi connectivity index (χ1) is 9.08. The Morgan fingerprint density at radius 3 is 2.63 bits per heavy atom. The highest BCUT2D eigenvalue weighted by Gasteiger charge is 2.11. The van der Waals surface area contributed by atoms with Crippen LogP contribution in [0.15, 0.2) is 29.0 Å². The van der Waals surface area contributed by atoms with E-state index >= 15 is 0 Å². The van der Waals surface area contributed by atoms with Gasteiger partial charge in [-0.2, -0.15) is 0 Å². The van der Waals surface area contributed by atoms with Crippen LogP contribution in [0.4, 0.5) is 8.78 Å². The summed E-state index contributed by atoms with van der Waals surface area (Å²) >= 11 is 3.03. The Hall–Kier alpha value is -1.40. The Morgan fingerprint density at radius 2 is 1.95 bits per heavy atom. The second-order valence-corrected chi connectivity index (χ2v) is 4.93. The van der Waals surface area contributed by atoms with E-state index < -0.39 is 11.6 Å². The van der Waals surface area contributed by atoms with E-state index in [0.717, 1.165) is 11.4 Å². The molecular formula is C13H12BrF2N3. The average molecular weight is 328 g/mol. The molecule has 0 aliphatic heterocycles. The molecule has 2 aromatic rings. The van der Waals surface area contributed by atoms with Crippen molar-refractivity contribution in [3.8, 4) is 0 Å².